The summed E-state index contributed by atoms with van der Waals surface area (Å²) in [4.78, 5) is 0. The van der Waals surface area contributed by atoms with Crippen LogP contribution >= 0.6 is 23.1 Å². The molecule has 1 atom stereocenters. The van der Waals surface area contributed by atoms with Crippen molar-refractivity contribution in [1.82, 2.24) is 10.2 Å². The van der Waals surface area contributed by atoms with Gasteiger partial charge in [0.1, 0.15) is 5.01 Å². The van der Waals surface area contributed by atoms with Gasteiger partial charge in [0.2, 0.25) is 5.13 Å². The van der Waals surface area contributed by atoms with E-state index in [-0.39, 0.29) is 0 Å². The lowest BCUT2D eigenvalue weighted by Crippen LogP contribution is -2.35. The number of hydrogen-bond donors (Lipinski definition) is 1. The van der Waals surface area contributed by atoms with Crippen LogP contribution in [-0.4, -0.2) is 27.7 Å². The molecule has 1 aromatic rings. The van der Waals surface area contributed by atoms with Gasteiger partial charge in [-0.05, 0) is 24.0 Å². The maximum Gasteiger partial charge on any atom is 0.205 e. The van der Waals surface area contributed by atoms with Gasteiger partial charge < -0.3 is 5.32 Å². The molecule has 2 heterocycles. The van der Waals surface area contributed by atoms with Crippen molar-refractivity contribution in [2.24, 2.45) is 5.41 Å². The molecule has 0 aliphatic carbocycles. The zero-order valence-electron chi connectivity index (χ0n) is 10.1. The van der Waals surface area contributed by atoms with E-state index in [4.69, 9.17) is 0 Å². The normalized spacial score (nSPS) is 24.3. The fraction of sp³-hybridized carbons (Fsp3) is 0.818. The van der Waals surface area contributed by atoms with E-state index in [1.54, 1.807) is 11.3 Å². The highest BCUT2D eigenvalue weighted by Crippen LogP contribution is 2.34. The summed E-state index contributed by atoms with van der Waals surface area (Å²) in [6.45, 7) is 6.79. The molecule has 0 spiro atoms. The van der Waals surface area contributed by atoms with Gasteiger partial charge in [-0.1, -0.05) is 32.1 Å². The van der Waals surface area contributed by atoms with Crippen molar-refractivity contribution in [3.8, 4) is 0 Å². The fourth-order valence-corrected chi connectivity index (χ4v) is 4.01. The van der Waals surface area contributed by atoms with Crippen molar-refractivity contribution < 1.29 is 0 Å². The van der Waals surface area contributed by atoms with Crippen molar-refractivity contribution in [3.63, 3.8) is 0 Å². The van der Waals surface area contributed by atoms with Crippen LogP contribution in [0.2, 0.25) is 0 Å². The molecule has 1 N–H and O–H groups in total. The summed E-state index contributed by atoms with van der Waals surface area (Å²) >= 11 is 3.72. The van der Waals surface area contributed by atoms with Crippen LogP contribution in [0.1, 0.15) is 32.2 Å². The van der Waals surface area contributed by atoms with E-state index in [2.05, 4.69) is 36.3 Å². The molecule has 1 aromatic heterocycles. The van der Waals surface area contributed by atoms with Gasteiger partial charge in [-0.15, -0.1) is 10.2 Å². The van der Waals surface area contributed by atoms with Crippen LogP contribution in [0.5, 0.6) is 0 Å². The Hall–Kier alpha value is -0.290. The minimum atomic E-state index is 0.443. The lowest BCUT2D eigenvalue weighted by Gasteiger charge is -2.34. The van der Waals surface area contributed by atoms with Crippen molar-refractivity contribution >= 4 is 28.2 Å². The second kappa shape index (κ2) is 4.92. The third-order valence-corrected chi connectivity index (χ3v) is 5.33. The van der Waals surface area contributed by atoms with Crippen molar-refractivity contribution in [2.75, 3.05) is 16.8 Å². The van der Waals surface area contributed by atoms with Gasteiger partial charge in [-0.25, -0.2) is 0 Å². The molecule has 1 aliphatic rings. The number of aromatic nitrogens is 2. The smallest absolute Gasteiger partial charge is 0.205 e. The zero-order chi connectivity index (χ0) is 11.6. The minimum Gasteiger partial charge on any atom is -0.356 e. The summed E-state index contributed by atoms with van der Waals surface area (Å²) in [5.41, 5.74) is 0.443. The molecular formula is C11H19N3S2. The van der Waals surface area contributed by atoms with Gasteiger partial charge in [0.15, 0.2) is 0 Å². The Kier molecular flexibility index (Phi) is 3.74. The third-order valence-electron chi connectivity index (χ3n) is 2.71. The third kappa shape index (κ3) is 3.10. The van der Waals surface area contributed by atoms with E-state index < -0.39 is 0 Å². The Bertz CT molecular complexity index is 349. The number of aryl methyl sites for hydroxylation is 1. The van der Waals surface area contributed by atoms with E-state index in [0.717, 1.165) is 16.6 Å². The first kappa shape index (κ1) is 12.2. The summed E-state index contributed by atoms with van der Waals surface area (Å²) < 4.78 is 0. The molecule has 1 saturated heterocycles. The molecule has 2 rings (SSSR count). The molecule has 1 aliphatic heterocycles. The maximum absolute atomic E-state index is 4.18. The monoisotopic (exact) mass is 257 g/mol. The average Bonchev–Trinajstić information content (AvgIpc) is 2.64. The number of rotatable bonds is 3. The van der Waals surface area contributed by atoms with Crippen LogP contribution in [-0.2, 0) is 6.42 Å². The Morgan fingerprint density at radius 1 is 1.44 bits per heavy atom. The second-order valence-electron chi connectivity index (χ2n) is 5.08. The SMILES string of the molecule is CCc1nnc(NC2CSCC(C)(C)C2)s1. The molecule has 90 valence electrons. The standard InChI is InChI=1S/C11H19N3S2/c1-4-9-13-14-10(16-9)12-8-5-11(2,3)7-15-6-8/h8H,4-7H2,1-3H3,(H,12,14). The van der Waals surface area contributed by atoms with Gasteiger partial charge in [-0.3, -0.25) is 0 Å². The molecule has 1 fully saturated rings. The molecule has 1 unspecified atom stereocenters. The lowest BCUT2D eigenvalue weighted by atomic mass is 9.88. The Morgan fingerprint density at radius 2 is 2.25 bits per heavy atom. The highest BCUT2D eigenvalue weighted by Gasteiger charge is 2.28. The van der Waals surface area contributed by atoms with Crippen molar-refractivity contribution in [3.05, 3.63) is 5.01 Å². The maximum atomic E-state index is 4.18. The lowest BCUT2D eigenvalue weighted by molar-refractivity contribution is 0.358. The van der Waals surface area contributed by atoms with Crippen LogP contribution in [0.4, 0.5) is 5.13 Å². The number of thioether (sulfide) groups is 1. The van der Waals surface area contributed by atoms with Gasteiger partial charge in [0, 0.05) is 11.8 Å². The molecule has 16 heavy (non-hydrogen) atoms. The van der Waals surface area contributed by atoms with Crippen molar-refractivity contribution in [1.29, 1.82) is 0 Å². The summed E-state index contributed by atoms with van der Waals surface area (Å²) in [6.07, 6.45) is 2.20. The van der Waals surface area contributed by atoms with Gasteiger partial charge in [-0.2, -0.15) is 11.8 Å². The Balaban J connectivity index is 1.94. The first-order valence-electron chi connectivity index (χ1n) is 5.76. The molecule has 3 nitrogen and oxygen atoms in total. The van der Waals surface area contributed by atoms with Gasteiger partial charge >= 0.3 is 0 Å². The molecule has 0 radical (unpaired) electrons. The average molecular weight is 257 g/mol. The summed E-state index contributed by atoms with van der Waals surface area (Å²) in [6, 6.07) is 0.548. The highest BCUT2D eigenvalue weighted by atomic mass is 32.2. The Labute approximate surface area is 105 Å². The molecular weight excluding hydrogens is 238 g/mol. The zero-order valence-corrected chi connectivity index (χ0v) is 11.7. The van der Waals surface area contributed by atoms with Crippen LogP contribution in [0.15, 0.2) is 0 Å². The molecule has 0 aromatic carbocycles. The highest BCUT2D eigenvalue weighted by molar-refractivity contribution is 7.99. The van der Waals surface area contributed by atoms with Gasteiger partial charge in [0.25, 0.3) is 0 Å². The van der Waals surface area contributed by atoms with E-state index >= 15 is 0 Å². The van der Waals surface area contributed by atoms with E-state index in [9.17, 15) is 0 Å². The number of nitrogens with zero attached hydrogens (tertiary/aromatic N) is 2. The molecule has 0 amide bonds. The minimum absolute atomic E-state index is 0.443. The van der Waals surface area contributed by atoms with Crippen LogP contribution in [0.25, 0.3) is 0 Å². The largest absolute Gasteiger partial charge is 0.356 e. The van der Waals surface area contributed by atoms with Crippen LogP contribution < -0.4 is 5.32 Å². The fourth-order valence-electron chi connectivity index (χ4n) is 1.98. The van der Waals surface area contributed by atoms with Crippen molar-refractivity contribution in [2.45, 2.75) is 39.7 Å². The first-order valence-corrected chi connectivity index (χ1v) is 7.73. The topological polar surface area (TPSA) is 37.8 Å². The summed E-state index contributed by atoms with van der Waals surface area (Å²) in [5.74, 6) is 2.45. The number of nitrogens with one attached hydrogen (secondary N) is 1. The number of hydrogen-bond acceptors (Lipinski definition) is 5. The summed E-state index contributed by atoms with van der Waals surface area (Å²) in [5, 5.41) is 13.9. The van der Waals surface area contributed by atoms with Crippen LogP contribution in [0, 0.1) is 5.41 Å². The summed E-state index contributed by atoms with van der Waals surface area (Å²) in [7, 11) is 0. The predicted octanol–water partition coefficient (Wildman–Crippen LogP) is 3.04. The van der Waals surface area contributed by atoms with E-state index in [1.165, 1.54) is 17.9 Å². The first-order chi connectivity index (χ1) is 7.59. The second-order valence-corrected chi connectivity index (χ2v) is 7.17. The molecule has 0 saturated carbocycles. The molecule has 5 heteroatoms. The quantitative estimate of drug-likeness (QED) is 0.903. The Morgan fingerprint density at radius 3 is 2.88 bits per heavy atom. The van der Waals surface area contributed by atoms with Gasteiger partial charge in [0.05, 0.1) is 0 Å². The molecule has 0 bridgehead atoms. The number of anilines is 1. The van der Waals surface area contributed by atoms with Crippen LogP contribution in [0.3, 0.4) is 0 Å². The van der Waals surface area contributed by atoms with E-state index in [1.807, 2.05) is 11.8 Å². The van der Waals surface area contributed by atoms with E-state index in [0.29, 0.717) is 11.5 Å². The predicted molar refractivity (Wildman–Crippen MR) is 72.4 cm³/mol.